The number of hydrogen-bond donors (Lipinski definition) is 2. The quantitative estimate of drug-likeness (QED) is 0.627. The van der Waals surface area contributed by atoms with Gasteiger partial charge in [-0.1, -0.05) is 12.1 Å². The SMILES string of the molecule is O=[N+]([O-])c1ccc(CS(=O)(=O)NC2CCCNCC2)cc1. The maximum Gasteiger partial charge on any atom is 0.269 e. The van der Waals surface area contributed by atoms with Crippen LogP contribution in [0.1, 0.15) is 24.8 Å². The first-order valence-corrected chi connectivity index (χ1v) is 8.55. The first kappa shape index (κ1) is 15.9. The van der Waals surface area contributed by atoms with E-state index in [1.807, 2.05) is 0 Å². The number of hydrogen-bond acceptors (Lipinski definition) is 5. The summed E-state index contributed by atoms with van der Waals surface area (Å²) in [6.07, 6.45) is 2.55. The van der Waals surface area contributed by atoms with Gasteiger partial charge in [-0.05, 0) is 37.9 Å². The van der Waals surface area contributed by atoms with E-state index in [0.29, 0.717) is 5.56 Å². The van der Waals surface area contributed by atoms with E-state index >= 15 is 0 Å². The Bertz CT molecular complexity index is 578. The molecule has 8 heteroatoms. The molecule has 1 saturated heterocycles. The van der Waals surface area contributed by atoms with Gasteiger partial charge in [-0.2, -0.15) is 0 Å². The zero-order valence-electron chi connectivity index (χ0n) is 11.6. The van der Waals surface area contributed by atoms with Crippen molar-refractivity contribution in [3.8, 4) is 0 Å². The van der Waals surface area contributed by atoms with E-state index in [1.54, 1.807) is 0 Å². The molecule has 1 unspecified atom stereocenters. The molecule has 7 nitrogen and oxygen atoms in total. The van der Waals surface area contributed by atoms with Crippen molar-refractivity contribution >= 4 is 15.7 Å². The van der Waals surface area contributed by atoms with Gasteiger partial charge >= 0.3 is 0 Å². The molecule has 0 spiro atoms. The van der Waals surface area contributed by atoms with Crippen LogP contribution in [0.3, 0.4) is 0 Å². The maximum absolute atomic E-state index is 12.1. The Morgan fingerprint density at radius 3 is 2.62 bits per heavy atom. The van der Waals surface area contributed by atoms with Gasteiger partial charge < -0.3 is 5.32 Å². The summed E-state index contributed by atoms with van der Waals surface area (Å²) in [6, 6.07) is 5.56. The first-order valence-electron chi connectivity index (χ1n) is 6.90. The van der Waals surface area contributed by atoms with Crippen LogP contribution in [0.5, 0.6) is 0 Å². The second-order valence-electron chi connectivity index (χ2n) is 5.18. The molecule has 0 aliphatic carbocycles. The highest BCUT2D eigenvalue weighted by atomic mass is 32.2. The maximum atomic E-state index is 12.1. The monoisotopic (exact) mass is 313 g/mol. The van der Waals surface area contributed by atoms with Crippen LogP contribution in [0.25, 0.3) is 0 Å². The van der Waals surface area contributed by atoms with E-state index in [-0.39, 0.29) is 17.5 Å². The molecule has 1 fully saturated rings. The topological polar surface area (TPSA) is 101 Å². The normalized spacial score (nSPS) is 19.9. The lowest BCUT2D eigenvalue weighted by molar-refractivity contribution is -0.384. The summed E-state index contributed by atoms with van der Waals surface area (Å²) >= 11 is 0. The molecule has 21 heavy (non-hydrogen) atoms. The molecule has 0 radical (unpaired) electrons. The van der Waals surface area contributed by atoms with E-state index in [1.165, 1.54) is 24.3 Å². The number of nitro groups is 1. The van der Waals surface area contributed by atoms with Crippen LogP contribution in [0.2, 0.25) is 0 Å². The minimum atomic E-state index is -3.43. The Kier molecular flexibility index (Phi) is 5.27. The Morgan fingerprint density at radius 2 is 1.95 bits per heavy atom. The molecule has 2 N–H and O–H groups in total. The fraction of sp³-hybridized carbons (Fsp3) is 0.538. The van der Waals surface area contributed by atoms with Crippen molar-refractivity contribution in [2.24, 2.45) is 0 Å². The largest absolute Gasteiger partial charge is 0.317 e. The van der Waals surface area contributed by atoms with Gasteiger partial charge in [0.15, 0.2) is 0 Å². The second-order valence-corrected chi connectivity index (χ2v) is 6.93. The van der Waals surface area contributed by atoms with Crippen LogP contribution in [0.15, 0.2) is 24.3 Å². The summed E-state index contributed by atoms with van der Waals surface area (Å²) in [5.74, 6) is -0.158. The number of nitrogens with one attached hydrogen (secondary N) is 2. The van der Waals surface area contributed by atoms with Gasteiger partial charge in [0.05, 0.1) is 10.7 Å². The van der Waals surface area contributed by atoms with Crippen molar-refractivity contribution in [1.29, 1.82) is 0 Å². The Labute approximate surface area is 123 Å². The third kappa shape index (κ3) is 5.07. The fourth-order valence-electron chi connectivity index (χ4n) is 2.37. The van der Waals surface area contributed by atoms with E-state index in [2.05, 4.69) is 10.0 Å². The minimum Gasteiger partial charge on any atom is -0.317 e. The molecular weight excluding hydrogens is 294 g/mol. The molecule has 116 valence electrons. The summed E-state index contributed by atoms with van der Waals surface area (Å²) in [4.78, 5) is 10.1. The Hall–Kier alpha value is -1.51. The third-order valence-corrected chi connectivity index (χ3v) is 4.83. The summed E-state index contributed by atoms with van der Waals surface area (Å²) in [5, 5.41) is 13.8. The van der Waals surface area contributed by atoms with Crippen molar-refractivity contribution in [3.05, 3.63) is 39.9 Å². The van der Waals surface area contributed by atoms with E-state index < -0.39 is 14.9 Å². The number of benzene rings is 1. The lowest BCUT2D eigenvalue weighted by atomic mass is 10.1. The highest BCUT2D eigenvalue weighted by molar-refractivity contribution is 7.88. The summed E-state index contributed by atoms with van der Waals surface area (Å²) in [6.45, 7) is 1.73. The smallest absolute Gasteiger partial charge is 0.269 e. The average molecular weight is 313 g/mol. The second kappa shape index (κ2) is 6.97. The molecule has 1 aliphatic rings. The molecule has 1 aromatic rings. The van der Waals surface area contributed by atoms with Gasteiger partial charge in [-0.3, -0.25) is 10.1 Å². The van der Waals surface area contributed by atoms with Crippen molar-refractivity contribution in [1.82, 2.24) is 10.0 Å². The molecule has 1 aliphatic heterocycles. The van der Waals surface area contributed by atoms with E-state index in [4.69, 9.17) is 0 Å². The highest BCUT2D eigenvalue weighted by Crippen LogP contribution is 2.14. The molecule has 0 saturated carbocycles. The van der Waals surface area contributed by atoms with Crippen molar-refractivity contribution in [3.63, 3.8) is 0 Å². The van der Waals surface area contributed by atoms with Crippen LogP contribution in [-0.2, 0) is 15.8 Å². The van der Waals surface area contributed by atoms with Crippen molar-refractivity contribution < 1.29 is 13.3 Å². The zero-order valence-corrected chi connectivity index (χ0v) is 12.4. The number of sulfonamides is 1. The van der Waals surface area contributed by atoms with Crippen LogP contribution >= 0.6 is 0 Å². The van der Waals surface area contributed by atoms with Gasteiger partial charge in [0, 0.05) is 18.2 Å². The van der Waals surface area contributed by atoms with Crippen molar-refractivity contribution in [2.45, 2.75) is 31.1 Å². The molecule has 1 aromatic carbocycles. The van der Waals surface area contributed by atoms with Gasteiger partial charge in [0.2, 0.25) is 10.0 Å². The number of non-ortho nitro benzene ring substituents is 1. The van der Waals surface area contributed by atoms with Gasteiger partial charge in [-0.15, -0.1) is 0 Å². The van der Waals surface area contributed by atoms with Gasteiger partial charge in [-0.25, -0.2) is 13.1 Å². The summed E-state index contributed by atoms with van der Waals surface area (Å²) in [7, 11) is -3.43. The van der Waals surface area contributed by atoms with Crippen LogP contribution in [0.4, 0.5) is 5.69 Å². The number of nitrogens with zero attached hydrogens (tertiary/aromatic N) is 1. The number of nitro benzene ring substituents is 1. The molecule has 0 aromatic heterocycles. The predicted molar refractivity (Wildman–Crippen MR) is 79.4 cm³/mol. The molecule has 1 atom stereocenters. The fourth-order valence-corrected chi connectivity index (χ4v) is 3.82. The van der Waals surface area contributed by atoms with E-state index in [0.717, 1.165) is 32.4 Å². The molecule has 0 amide bonds. The summed E-state index contributed by atoms with van der Waals surface area (Å²) in [5.41, 5.74) is 0.499. The first-order chi connectivity index (χ1) is 9.96. The molecule has 1 heterocycles. The molecule has 2 rings (SSSR count). The minimum absolute atomic E-state index is 0.0388. The predicted octanol–water partition coefficient (Wildman–Crippen LogP) is 1.16. The average Bonchev–Trinajstić information content (AvgIpc) is 2.66. The van der Waals surface area contributed by atoms with Crippen LogP contribution < -0.4 is 10.0 Å². The third-order valence-electron chi connectivity index (χ3n) is 3.43. The highest BCUT2D eigenvalue weighted by Gasteiger charge is 2.19. The lowest BCUT2D eigenvalue weighted by Gasteiger charge is -2.16. The van der Waals surface area contributed by atoms with E-state index in [9.17, 15) is 18.5 Å². The molecular formula is C13H19N3O4S. The molecule has 0 bridgehead atoms. The number of rotatable bonds is 5. The Morgan fingerprint density at radius 1 is 1.24 bits per heavy atom. The van der Waals surface area contributed by atoms with Crippen LogP contribution in [0, 0.1) is 10.1 Å². The zero-order chi connectivity index (χ0) is 15.3. The van der Waals surface area contributed by atoms with Crippen molar-refractivity contribution in [2.75, 3.05) is 13.1 Å². The standard InChI is InChI=1S/C13H19N3O4S/c17-16(18)13-5-3-11(4-6-13)10-21(19,20)15-12-2-1-8-14-9-7-12/h3-6,12,14-15H,1-2,7-10H2. The van der Waals surface area contributed by atoms with Crippen LogP contribution in [-0.4, -0.2) is 32.5 Å². The summed E-state index contributed by atoms with van der Waals surface area (Å²) < 4.78 is 27.0. The lowest BCUT2D eigenvalue weighted by Crippen LogP contribution is -2.36. The van der Waals surface area contributed by atoms with Gasteiger partial charge in [0.25, 0.3) is 5.69 Å². The Balaban J connectivity index is 1.97. The van der Waals surface area contributed by atoms with Gasteiger partial charge in [0.1, 0.15) is 0 Å².